The molecule has 4 heteroatoms. The lowest BCUT2D eigenvalue weighted by atomic mass is 9.98. The molecule has 2 nitrogen and oxygen atoms in total. The van der Waals surface area contributed by atoms with Gasteiger partial charge in [-0.25, -0.2) is 0 Å². The Balaban J connectivity index is 2.17. The third-order valence-corrected chi connectivity index (χ3v) is 3.85. The van der Waals surface area contributed by atoms with E-state index >= 15 is 0 Å². The Morgan fingerprint density at radius 2 is 1.85 bits per heavy atom. The summed E-state index contributed by atoms with van der Waals surface area (Å²) in [5.41, 5.74) is 9.61. The maximum atomic E-state index is 6.30. The van der Waals surface area contributed by atoms with Crippen molar-refractivity contribution in [3.63, 3.8) is 0 Å². The van der Waals surface area contributed by atoms with E-state index in [9.17, 15) is 0 Å². The fourth-order valence-corrected chi connectivity index (χ4v) is 2.95. The van der Waals surface area contributed by atoms with Gasteiger partial charge in [0.2, 0.25) is 0 Å². The maximum Gasteiger partial charge on any atom is 0.0552 e. The first-order valence-electron chi connectivity index (χ1n) is 6.39. The summed E-state index contributed by atoms with van der Waals surface area (Å²) >= 11 is 9.50. The lowest BCUT2D eigenvalue weighted by Crippen LogP contribution is -2.12. The topological polar surface area (TPSA) is 35.2 Å². The molecule has 0 aliphatic rings. The largest absolute Gasteiger partial charge is 0.384 e. The van der Waals surface area contributed by atoms with Crippen LogP contribution in [0.5, 0.6) is 0 Å². The molecule has 0 amide bonds. The van der Waals surface area contributed by atoms with Gasteiger partial charge in [-0.15, -0.1) is 0 Å². The highest BCUT2D eigenvalue weighted by atomic mass is 79.9. The molecule has 2 rings (SSSR count). The summed E-state index contributed by atoms with van der Waals surface area (Å²) in [6.45, 7) is 0.729. The van der Waals surface area contributed by atoms with Crippen LogP contribution in [0.15, 0.2) is 46.9 Å². The lowest BCUT2D eigenvalue weighted by Gasteiger charge is -2.14. The molecule has 2 aromatic carbocycles. The summed E-state index contributed by atoms with van der Waals surface area (Å²) in [6, 6.07) is 13.9. The zero-order chi connectivity index (χ0) is 14.5. The maximum absolute atomic E-state index is 6.30. The lowest BCUT2D eigenvalue weighted by molar-refractivity contribution is 0.202. The highest BCUT2D eigenvalue weighted by Crippen LogP contribution is 2.26. The van der Waals surface area contributed by atoms with Crippen LogP contribution >= 0.6 is 27.5 Å². The molecule has 0 bridgehead atoms. The highest BCUT2D eigenvalue weighted by molar-refractivity contribution is 9.10. The van der Waals surface area contributed by atoms with Crippen molar-refractivity contribution in [3.05, 3.63) is 68.7 Å². The van der Waals surface area contributed by atoms with Gasteiger partial charge in [0.15, 0.2) is 0 Å². The minimum absolute atomic E-state index is 0.179. The van der Waals surface area contributed by atoms with Gasteiger partial charge in [-0.2, -0.15) is 0 Å². The van der Waals surface area contributed by atoms with Crippen molar-refractivity contribution in [1.29, 1.82) is 0 Å². The molecule has 0 aliphatic carbocycles. The third-order valence-electron chi connectivity index (χ3n) is 3.18. The van der Waals surface area contributed by atoms with E-state index in [1.807, 2.05) is 18.2 Å². The van der Waals surface area contributed by atoms with Crippen molar-refractivity contribution in [2.45, 2.75) is 12.5 Å². The van der Waals surface area contributed by atoms with Gasteiger partial charge in [0.05, 0.1) is 12.6 Å². The number of methoxy groups -OCH3 is 1. The monoisotopic (exact) mass is 353 g/mol. The van der Waals surface area contributed by atoms with E-state index in [0.29, 0.717) is 5.02 Å². The Labute approximate surface area is 133 Å². The first-order chi connectivity index (χ1) is 9.60. The van der Waals surface area contributed by atoms with Gasteiger partial charge in [-0.05, 0) is 41.3 Å². The van der Waals surface area contributed by atoms with Crippen LogP contribution in [0.25, 0.3) is 0 Å². The summed E-state index contributed by atoms with van der Waals surface area (Å²) in [7, 11) is 1.71. The minimum Gasteiger partial charge on any atom is -0.384 e. The Morgan fingerprint density at radius 3 is 2.45 bits per heavy atom. The van der Waals surface area contributed by atoms with Crippen LogP contribution in [0.3, 0.4) is 0 Å². The van der Waals surface area contributed by atoms with Crippen LogP contribution in [-0.2, 0) is 11.2 Å². The SMILES string of the molecule is COCCc1ccc(C(N)c2cc(Cl)cc(Br)c2)cc1. The van der Waals surface area contributed by atoms with Gasteiger partial charge in [0.1, 0.15) is 0 Å². The zero-order valence-corrected chi connectivity index (χ0v) is 13.6. The molecule has 1 atom stereocenters. The van der Waals surface area contributed by atoms with E-state index in [1.54, 1.807) is 7.11 Å². The van der Waals surface area contributed by atoms with Gasteiger partial charge in [0.25, 0.3) is 0 Å². The van der Waals surface area contributed by atoms with Crippen LogP contribution < -0.4 is 5.73 Å². The Kier molecular flexibility index (Phi) is 5.61. The number of rotatable bonds is 5. The molecule has 1 unspecified atom stereocenters. The average molecular weight is 355 g/mol. The highest BCUT2D eigenvalue weighted by Gasteiger charge is 2.10. The first-order valence-corrected chi connectivity index (χ1v) is 7.56. The predicted molar refractivity (Wildman–Crippen MR) is 87.2 cm³/mol. The smallest absolute Gasteiger partial charge is 0.0552 e. The summed E-state index contributed by atoms with van der Waals surface area (Å²) in [6.07, 6.45) is 0.911. The number of hydrogen-bond donors (Lipinski definition) is 1. The van der Waals surface area contributed by atoms with Crippen LogP contribution in [0.2, 0.25) is 5.02 Å². The molecule has 106 valence electrons. The molecule has 0 aromatic heterocycles. The van der Waals surface area contributed by atoms with E-state index in [1.165, 1.54) is 5.56 Å². The Bertz CT molecular complexity index is 551. The quantitative estimate of drug-likeness (QED) is 0.867. The molecule has 2 N–H and O–H groups in total. The molecule has 0 fully saturated rings. The Hall–Kier alpha value is -0.870. The third kappa shape index (κ3) is 4.06. The number of nitrogens with two attached hydrogens (primary N) is 1. The summed E-state index contributed by atoms with van der Waals surface area (Å²) < 4.78 is 6.01. The second-order valence-corrected chi connectivity index (χ2v) is 6.02. The van der Waals surface area contributed by atoms with Crippen molar-refractivity contribution in [2.75, 3.05) is 13.7 Å². The van der Waals surface area contributed by atoms with E-state index in [4.69, 9.17) is 22.1 Å². The normalized spacial score (nSPS) is 12.4. The molecule has 0 saturated carbocycles. The van der Waals surface area contributed by atoms with Gasteiger partial charge < -0.3 is 10.5 Å². The fraction of sp³-hybridized carbons (Fsp3) is 0.250. The molecule has 0 aliphatic heterocycles. The van der Waals surface area contributed by atoms with E-state index in [2.05, 4.69) is 40.2 Å². The van der Waals surface area contributed by atoms with E-state index < -0.39 is 0 Å². The molecular weight excluding hydrogens is 338 g/mol. The molecular formula is C16H17BrClNO. The van der Waals surface area contributed by atoms with Crippen LogP contribution in [-0.4, -0.2) is 13.7 Å². The predicted octanol–water partition coefficient (Wildman–Crippen LogP) is 4.34. The van der Waals surface area contributed by atoms with Crippen LogP contribution in [0, 0.1) is 0 Å². The van der Waals surface area contributed by atoms with Crippen molar-refractivity contribution < 1.29 is 4.74 Å². The van der Waals surface area contributed by atoms with Crippen molar-refractivity contribution >= 4 is 27.5 Å². The number of ether oxygens (including phenoxy) is 1. The molecule has 0 saturated heterocycles. The molecule has 0 spiro atoms. The van der Waals surface area contributed by atoms with E-state index in [-0.39, 0.29) is 6.04 Å². The molecule has 20 heavy (non-hydrogen) atoms. The van der Waals surface area contributed by atoms with Gasteiger partial charge in [-0.1, -0.05) is 51.8 Å². The minimum atomic E-state index is -0.179. The average Bonchev–Trinajstić information content (AvgIpc) is 2.44. The fourth-order valence-electron chi connectivity index (χ4n) is 2.06. The van der Waals surface area contributed by atoms with Gasteiger partial charge in [0, 0.05) is 16.6 Å². The number of benzene rings is 2. The second-order valence-electron chi connectivity index (χ2n) is 4.66. The standard InChI is InChI=1S/C16H17BrClNO/c1-20-7-6-11-2-4-12(5-3-11)16(19)13-8-14(17)10-15(18)9-13/h2-5,8-10,16H,6-7,19H2,1H3. The number of halogens is 2. The van der Waals surface area contributed by atoms with Crippen LogP contribution in [0.1, 0.15) is 22.7 Å². The van der Waals surface area contributed by atoms with Crippen LogP contribution in [0.4, 0.5) is 0 Å². The second kappa shape index (κ2) is 7.23. The van der Waals surface area contributed by atoms with Gasteiger partial charge in [-0.3, -0.25) is 0 Å². The van der Waals surface area contributed by atoms with Crippen molar-refractivity contribution in [2.24, 2.45) is 5.73 Å². The first kappa shape index (κ1) is 15.5. The summed E-state index contributed by atoms with van der Waals surface area (Å²) in [4.78, 5) is 0. The Morgan fingerprint density at radius 1 is 1.15 bits per heavy atom. The van der Waals surface area contributed by atoms with Gasteiger partial charge >= 0.3 is 0 Å². The van der Waals surface area contributed by atoms with Crippen molar-refractivity contribution in [1.82, 2.24) is 0 Å². The van der Waals surface area contributed by atoms with E-state index in [0.717, 1.165) is 28.6 Å². The molecule has 0 radical (unpaired) electrons. The zero-order valence-electron chi connectivity index (χ0n) is 11.3. The number of hydrogen-bond acceptors (Lipinski definition) is 2. The van der Waals surface area contributed by atoms with Crippen molar-refractivity contribution in [3.8, 4) is 0 Å². The summed E-state index contributed by atoms with van der Waals surface area (Å²) in [5, 5.41) is 0.682. The molecule has 2 aromatic rings. The summed E-state index contributed by atoms with van der Waals surface area (Å²) in [5.74, 6) is 0. The molecule has 0 heterocycles.